The number of hydrogen-bond acceptors (Lipinski definition) is 6. The van der Waals surface area contributed by atoms with Gasteiger partial charge in [0.1, 0.15) is 0 Å². The van der Waals surface area contributed by atoms with Crippen molar-refractivity contribution in [1.82, 2.24) is 24.5 Å². The topological polar surface area (TPSA) is 124 Å². The molecule has 2 heterocycles. The van der Waals surface area contributed by atoms with E-state index in [-0.39, 0.29) is 17.9 Å². The van der Waals surface area contributed by atoms with E-state index in [0.717, 1.165) is 11.8 Å². The van der Waals surface area contributed by atoms with Gasteiger partial charge in [-0.1, -0.05) is 30.0 Å². The average molecular weight is 358 g/mol. The van der Waals surface area contributed by atoms with Gasteiger partial charge in [-0.25, -0.2) is 4.79 Å². The van der Waals surface area contributed by atoms with E-state index in [4.69, 9.17) is 5.73 Å². The number of nitrogens with one attached hydrogen (secondary N) is 1. The third kappa shape index (κ3) is 3.11. The van der Waals surface area contributed by atoms with Crippen molar-refractivity contribution in [3.05, 3.63) is 47.3 Å². The van der Waals surface area contributed by atoms with Gasteiger partial charge in [-0.15, -0.1) is 16.8 Å². The maximum absolute atomic E-state index is 12.6. The number of nitrogens with two attached hydrogens (primary N) is 1. The van der Waals surface area contributed by atoms with E-state index in [1.165, 1.54) is 4.57 Å². The van der Waals surface area contributed by atoms with Crippen LogP contribution in [0.2, 0.25) is 0 Å². The Morgan fingerprint density at radius 3 is 2.80 bits per heavy atom. The minimum Gasteiger partial charge on any atom is -0.351 e. The van der Waals surface area contributed by atoms with Crippen molar-refractivity contribution in [2.45, 2.75) is 11.7 Å². The molecule has 3 amide bonds. The van der Waals surface area contributed by atoms with E-state index in [0.29, 0.717) is 21.8 Å². The fraction of sp³-hybridized carbons (Fsp3) is 0.133. The van der Waals surface area contributed by atoms with Crippen LogP contribution in [0.5, 0.6) is 0 Å². The van der Waals surface area contributed by atoms with Gasteiger partial charge in [0.05, 0.1) is 16.7 Å². The highest BCUT2D eigenvalue weighted by molar-refractivity contribution is 7.99. The van der Waals surface area contributed by atoms with Crippen molar-refractivity contribution >= 4 is 40.4 Å². The molecule has 0 bridgehead atoms. The molecule has 3 rings (SSSR count). The second-order valence-corrected chi connectivity index (χ2v) is 5.98. The summed E-state index contributed by atoms with van der Waals surface area (Å²) in [6.07, 6.45) is 1.60. The van der Waals surface area contributed by atoms with Gasteiger partial charge >= 0.3 is 6.03 Å². The highest BCUT2D eigenvalue weighted by Gasteiger charge is 2.17. The van der Waals surface area contributed by atoms with Crippen molar-refractivity contribution in [2.24, 2.45) is 5.73 Å². The summed E-state index contributed by atoms with van der Waals surface area (Å²) in [4.78, 5) is 35.0. The van der Waals surface area contributed by atoms with Crippen LogP contribution in [0.15, 0.2) is 46.9 Å². The maximum Gasteiger partial charge on any atom is 0.318 e. The molecule has 0 saturated carbocycles. The number of para-hydroxylation sites is 1. The van der Waals surface area contributed by atoms with E-state index in [1.807, 2.05) is 5.32 Å². The smallest absolute Gasteiger partial charge is 0.318 e. The third-order valence-electron chi connectivity index (χ3n) is 3.38. The molecule has 0 saturated heterocycles. The number of primary amides is 1. The Balaban J connectivity index is 2.12. The molecule has 3 aromatic rings. The predicted octanol–water partition coefficient (Wildman–Crippen LogP) is 0.517. The van der Waals surface area contributed by atoms with Gasteiger partial charge in [-0.3, -0.25) is 23.9 Å². The molecule has 0 fully saturated rings. The lowest BCUT2D eigenvalue weighted by molar-refractivity contribution is -0.117. The largest absolute Gasteiger partial charge is 0.351 e. The molecule has 0 spiro atoms. The summed E-state index contributed by atoms with van der Waals surface area (Å²) in [6.45, 7) is 3.93. The second-order valence-electron chi connectivity index (χ2n) is 5.04. The molecule has 3 N–H and O–H groups in total. The Labute approximate surface area is 145 Å². The standard InChI is InChI=1S/C15H14N6O3S/c1-2-7-20-12(23)9-5-3-4-6-10(9)21-14(20)18-19-15(21)25-8-11(22)17-13(16)24/h2-6H,1,7-8H2,(H3,16,17,22,24). The number of aromatic nitrogens is 4. The van der Waals surface area contributed by atoms with Crippen LogP contribution >= 0.6 is 11.8 Å². The number of fused-ring (bicyclic) bond motifs is 3. The molecule has 1 aromatic carbocycles. The van der Waals surface area contributed by atoms with Crippen LogP contribution in [0.4, 0.5) is 4.79 Å². The lowest BCUT2D eigenvalue weighted by atomic mass is 10.2. The lowest BCUT2D eigenvalue weighted by Gasteiger charge is -2.09. The van der Waals surface area contributed by atoms with Crippen LogP contribution in [0.25, 0.3) is 16.7 Å². The predicted molar refractivity (Wildman–Crippen MR) is 93.4 cm³/mol. The molecule has 0 atom stereocenters. The van der Waals surface area contributed by atoms with E-state index in [9.17, 15) is 14.4 Å². The zero-order valence-electron chi connectivity index (χ0n) is 13.0. The molecule has 0 aliphatic rings. The average Bonchev–Trinajstić information content (AvgIpc) is 3.00. The van der Waals surface area contributed by atoms with E-state index < -0.39 is 11.9 Å². The molecule has 0 radical (unpaired) electrons. The van der Waals surface area contributed by atoms with Gasteiger partial charge in [0.15, 0.2) is 5.16 Å². The molecule has 0 unspecified atom stereocenters. The maximum atomic E-state index is 12.6. The highest BCUT2D eigenvalue weighted by atomic mass is 32.2. The Hall–Kier alpha value is -3.14. The van der Waals surface area contributed by atoms with E-state index in [2.05, 4.69) is 16.8 Å². The molecule has 128 valence electrons. The second kappa shape index (κ2) is 6.77. The van der Waals surface area contributed by atoms with E-state index in [1.54, 1.807) is 34.7 Å². The van der Waals surface area contributed by atoms with Crippen molar-refractivity contribution in [3.8, 4) is 0 Å². The number of thioether (sulfide) groups is 1. The first-order chi connectivity index (χ1) is 12.0. The first-order valence-corrected chi connectivity index (χ1v) is 8.21. The Morgan fingerprint density at radius 1 is 1.32 bits per heavy atom. The Kier molecular flexibility index (Phi) is 4.52. The van der Waals surface area contributed by atoms with Crippen LogP contribution in [0.3, 0.4) is 0 Å². The van der Waals surface area contributed by atoms with Crippen molar-refractivity contribution in [2.75, 3.05) is 5.75 Å². The van der Waals surface area contributed by atoms with Gasteiger partial charge in [-0.2, -0.15) is 0 Å². The van der Waals surface area contributed by atoms with Crippen LogP contribution < -0.4 is 16.6 Å². The molecule has 0 aliphatic heterocycles. The number of nitrogens with zero attached hydrogens (tertiary/aromatic N) is 4. The van der Waals surface area contributed by atoms with Crippen LogP contribution in [-0.2, 0) is 11.3 Å². The van der Waals surface area contributed by atoms with Crippen molar-refractivity contribution in [3.63, 3.8) is 0 Å². The number of urea groups is 1. The van der Waals surface area contributed by atoms with Gasteiger partial charge in [0, 0.05) is 6.54 Å². The van der Waals surface area contributed by atoms with Crippen LogP contribution in [0, 0.1) is 0 Å². The normalized spacial score (nSPS) is 10.9. The molecular formula is C15H14N6O3S. The minimum atomic E-state index is -0.915. The minimum absolute atomic E-state index is 0.0708. The number of amides is 3. The fourth-order valence-corrected chi connectivity index (χ4v) is 3.16. The third-order valence-corrected chi connectivity index (χ3v) is 4.31. The van der Waals surface area contributed by atoms with Gasteiger partial charge in [0.25, 0.3) is 5.56 Å². The Morgan fingerprint density at radius 2 is 2.08 bits per heavy atom. The van der Waals surface area contributed by atoms with Crippen LogP contribution in [0.1, 0.15) is 0 Å². The first kappa shape index (κ1) is 16.7. The molecule has 10 heteroatoms. The summed E-state index contributed by atoms with van der Waals surface area (Å²) >= 11 is 1.08. The summed E-state index contributed by atoms with van der Waals surface area (Å²) in [7, 11) is 0. The number of benzene rings is 1. The Bertz CT molecular complexity index is 1050. The summed E-state index contributed by atoms with van der Waals surface area (Å²) in [5.41, 5.74) is 5.35. The molecule has 9 nitrogen and oxygen atoms in total. The van der Waals surface area contributed by atoms with Crippen molar-refractivity contribution < 1.29 is 9.59 Å². The number of rotatable bonds is 5. The summed E-state index contributed by atoms with van der Waals surface area (Å²) < 4.78 is 3.15. The highest BCUT2D eigenvalue weighted by Crippen LogP contribution is 2.21. The van der Waals surface area contributed by atoms with Crippen molar-refractivity contribution in [1.29, 1.82) is 0 Å². The summed E-state index contributed by atoms with van der Waals surface area (Å²) in [6, 6.07) is 6.14. The molecule has 2 aromatic heterocycles. The molecular weight excluding hydrogens is 344 g/mol. The fourth-order valence-electron chi connectivity index (χ4n) is 2.42. The quantitative estimate of drug-likeness (QED) is 0.506. The number of imide groups is 1. The van der Waals surface area contributed by atoms with Gasteiger partial charge < -0.3 is 5.73 Å². The van der Waals surface area contributed by atoms with Crippen LogP contribution in [-0.4, -0.2) is 36.9 Å². The monoisotopic (exact) mass is 358 g/mol. The first-order valence-electron chi connectivity index (χ1n) is 7.22. The van der Waals surface area contributed by atoms with Gasteiger partial charge in [-0.05, 0) is 12.1 Å². The zero-order chi connectivity index (χ0) is 18.0. The van der Waals surface area contributed by atoms with Gasteiger partial charge in [0.2, 0.25) is 11.7 Å². The number of carbonyl (C=O) groups is 2. The lowest BCUT2D eigenvalue weighted by Crippen LogP contribution is -2.36. The summed E-state index contributed by atoms with van der Waals surface area (Å²) in [5.74, 6) is -0.266. The zero-order valence-corrected chi connectivity index (χ0v) is 13.8. The number of allylic oxidation sites excluding steroid dienone is 1. The molecule has 25 heavy (non-hydrogen) atoms. The number of hydrogen-bond donors (Lipinski definition) is 2. The summed E-state index contributed by atoms with van der Waals surface area (Å²) in [5, 5.41) is 11.0. The number of carbonyl (C=O) groups excluding carboxylic acids is 2. The molecule has 0 aliphatic carbocycles. The SMILES string of the molecule is C=CCn1c(=O)c2ccccc2n2c(SCC(=O)NC(N)=O)nnc12. The van der Waals surface area contributed by atoms with E-state index >= 15 is 0 Å².